The van der Waals surface area contributed by atoms with Crippen molar-refractivity contribution in [3.63, 3.8) is 0 Å². The molecule has 0 aliphatic heterocycles. The molecule has 0 amide bonds. The van der Waals surface area contributed by atoms with Gasteiger partial charge in [-0.1, -0.05) is 72.8 Å². The zero-order valence-electron chi connectivity index (χ0n) is 22.9. The molecule has 8 rings (SSSR count). The first-order valence-corrected chi connectivity index (χ1v) is 14.3. The van der Waals surface area contributed by atoms with E-state index in [9.17, 15) is 0 Å². The molecule has 44 heavy (non-hydrogen) atoms. The summed E-state index contributed by atoms with van der Waals surface area (Å²) in [5.41, 5.74) is 4.51. The molecule has 4 aromatic carbocycles. The van der Waals surface area contributed by atoms with Crippen molar-refractivity contribution < 1.29 is 51.3 Å². The fourth-order valence-electron chi connectivity index (χ4n) is 4.81. The second-order valence-corrected chi connectivity index (χ2v) is 10.2. The fraction of sp³-hybridized carbons (Fsp3) is 0.0667. The van der Waals surface area contributed by atoms with E-state index in [1.54, 1.807) is 0 Å². The van der Waals surface area contributed by atoms with E-state index in [1.807, 2.05) is 92.0 Å². The van der Waals surface area contributed by atoms with Crippen LogP contribution in [0.3, 0.4) is 0 Å². The molecule has 14 heteroatoms. The molecule has 0 aliphatic carbocycles. The van der Waals surface area contributed by atoms with Gasteiger partial charge < -0.3 is 0 Å². The zero-order chi connectivity index (χ0) is 29.8. The Morgan fingerprint density at radius 2 is 0.614 bits per heavy atom. The maximum absolute atomic E-state index is 8.49. The van der Waals surface area contributed by atoms with Crippen LogP contribution in [-0.2, 0) is 35.7 Å². The summed E-state index contributed by atoms with van der Waals surface area (Å²) in [7, 11) is -4.94. The maximum Gasteiger partial charge on any atom is 1.00 e. The number of nitrogens with zero attached hydrogens (tertiary/aromatic N) is 8. The van der Waals surface area contributed by atoms with Crippen LogP contribution < -0.4 is 18.6 Å². The van der Waals surface area contributed by atoms with Gasteiger partial charge in [0.2, 0.25) is 0 Å². The van der Waals surface area contributed by atoms with E-state index in [0.29, 0.717) is 13.3 Å². The van der Waals surface area contributed by atoms with E-state index in [4.69, 9.17) is 18.6 Å². The van der Waals surface area contributed by atoms with Crippen LogP contribution in [-0.4, -0.2) is 39.1 Å². The maximum atomic E-state index is 8.49. The molecule has 4 heterocycles. The number of halogens is 1. The van der Waals surface area contributed by atoms with Crippen molar-refractivity contribution in [2.45, 2.75) is 13.3 Å². The monoisotopic (exact) mass is 702 g/mol. The quantitative estimate of drug-likeness (QED) is 0.246. The number of para-hydroxylation sites is 4. The Balaban J connectivity index is 0.000000149. The van der Waals surface area contributed by atoms with Gasteiger partial charge in [0, 0.05) is 21.5 Å². The van der Waals surface area contributed by atoms with Crippen molar-refractivity contribution in [1.29, 1.82) is 0 Å². The van der Waals surface area contributed by atoms with Gasteiger partial charge in [-0.2, -0.15) is 20.4 Å². The third kappa shape index (κ3) is 7.22. The van der Waals surface area contributed by atoms with Crippen LogP contribution in [0, 0.1) is 10.2 Å². The average molecular weight is 704 g/mol. The molecule has 0 spiro atoms. The van der Waals surface area contributed by atoms with Crippen molar-refractivity contribution >= 4 is 43.6 Å². The molecule has 0 saturated carbocycles. The first-order valence-electron chi connectivity index (χ1n) is 13.1. The van der Waals surface area contributed by atoms with Crippen molar-refractivity contribution in [2.24, 2.45) is 0 Å². The molecule has 0 bridgehead atoms. The van der Waals surface area contributed by atoms with Gasteiger partial charge >= 0.3 is 22.4 Å². The Kier molecular flexibility index (Phi) is 9.54. The van der Waals surface area contributed by atoms with E-state index < -0.39 is 10.2 Å². The van der Waals surface area contributed by atoms with Crippen LogP contribution >= 0.6 is 0 Å². The van der Waals surface area contributed by atoms with Crippen molar-refractivity contribution in [3.8, 4) is 0 Å². The zero-order valence-corrected chi connectivity index (χ0v) is 25.1. The molecule has 12 nitrogen and oxygen atoms in total. The summed E-state index contributed by atoms with van der Waals surface area (Å²) in [6.07, 6.45) is 7.56. The van der Waals surface area contributed by atoms with Gasteiger partial charge in [-0.15, -0.1) is 10.2 Å². The Hall–Kier alpha value is -4.37. The third-order valence-corrected chi connectivity index (χ3v) is 6.74. The summed E-state index contributed by atoms with van der Waals surface area (Å²) in [5.74, 6) is 0. The number of benzene rings is 4. The summed E-state index contributed by atoms with van der Waals surface area (Å²) in [4.78, 5) is 0. The van der Waals surface area contributed by atoms with Crippen LogP contribution in [0.2, 0.25) is 0 Å². The summed E-state index contributed by atoms with van der Waals surface area (Å²) in [6, 6.07) is 32.8. The minimum absolute atomic E-state index is 0. The number of hydrogen-bond acceptors (Lipinski definition) is 8. The Labute approximate surface area is 268 Å². The van der Waals surface area contributed by atoms with Crippen LogP contribution in [0.15, 0.2) is 122 Å². The smallest absolute Gasteiger partial charge is 0.243 e. The number of fused-ring (bicyclic) bond motifs is 4. The van der Waals surface area contributed by atoms with Crippen LogP contribution in [0.1, 0.15) is 0 Å². The van der Waals surface area contributed by atoms with Gasteiger partial charge in [-0.05, 0) is 24.3 Å². The third-order valence-electron chi connectivity index (χ3n) is 6.74. The van der Waals surface area contributed by atoms with Gasteiger partial charge in [0.25, 0.3) is 0 Å². The first kappa shape index (κ1) is 31.1. The van der Waals surface area contributed by atoms with Gasteiger partial charge in [0.05, 0.1) is 46.9 Å². The molecule has 0 aliphatic rings. The molecule has 0 saturated heterocycles. The minimum Gasteiger partial charge on any atom is -0.243 e. The molecule has 226 valence electrons. The average Bonchev–Trinajstić information content (AvgIpc) is 3.80. The van der Waals surface area contributed by atoms with Crippen LogP contribution in [0.4, 0.5) is 0 Å². The Morgan fingerprint density at radius 1 is 0.409 bits per heavy atom. The Morgan fingerprint density at radius 3 is 0.841 bits per heavy atom. The summed E-state index contributed by atoms with van der Waals surface area (Å²) in [5, 5.41) is 22.3. The summed E-state index contributed by atoms with van der Waals surface area (Å²) >= 11 is 0. The van der Waals surface area contributed by atoms with E-state index in [-0.39, 0.29) is 22.4 Å². The van der Waals surface area contributed by atoms with Gasteiger partial charge in [0.1, 0.15) is 13.3 Å². The largest absolute Gasteiger partial charge is 1.00 e. The summed E-state index contributed by atoms with van der Waals surface area (Å²) < 4.78 is 41.8. The molecule has 0 unspecified atom stereocenters. The standard InChI is InChI=1S/2C15H12N4.Ag.ClHO4/c2*1-3-7-14-12(5-1)9-16-18(14)11-19-15-8-4-2-6-13(15)10-17-19;;2-1(3,4)5/h2*1-10H,11H2;;(H,2,3,4,5)/q;;+1;/p-1. The van der Waals surface area contributed by atoms with Crippen LogP contribution in [0.5, 0.6) is 0 Å². The fourth-order valence-corrected chi connectivity index (χ4v) is 4.81. The number of aromatic nitrogens is 8. The predicted octanol–water partition coefficient (Wildman–Crippen LogP) is 1.03. The normalized spacial score (nSPS) is 11.2. The van der Waals surface area contributed by atoms with Crippen molar-refractivity contribution in [1.82, 2.24) is 39.1 Å². The van der Waals surface area contributed by atoms with Crippen LogP contribution in [0.25, 0.3) is 43.6 Å². The number of rotatable bonds is 4. The van der Waals surface area contributed by atoms with E-state index in [2.05, 4.69) is 68.9 Å². The molecule has 0 fully saturated rings. The van der Waals surface area contributed by atoms with Gasteiger partial charge in [-0.25, -0.2) is 37.4 Å². The van der Waals surface area contributed by atoms with Gasteiger partial charge in [-0.3, -0.25) is 0 Å². The summed E-state index contributed by atoms with van der Waals surface area (Å²) in [6.45, 7) is 1.25. The minimum atomic E-state index is -4.94. The Bertz CT molecular complexity index is 1840. The molecule has 0 atom stereocenters. The van der Waals surface area contributed by atoms with Crippen molar-refractivity contribution in [3.05, 3.63) is 122 Å². The van der Waals surface area contributed by atoms with E-state index in [1.165, 1.54) is 0 Å². The molecule has 4 aromatic heterocycles. The molecule has 0 radical (unpaired) electrons. The topological polar surface area (TPSA) is 164 Å². The molecular formula is C30H24AgClN8O4. The van der Waals surface area contributed by atoms with Gasteiger partial charge in [0.15, 0.2) is 0 Å². The van der Waals surface area contributed by atoms with E-state index in [0.717, 1.165) is 43.6 Å². The van der Waals surface area contributed by atoms with Crippen molar-refractivity contribution in [2.75, 3.05) is 0 Å². The first-order chi connectivity index (χ1) is 20.8. The molecule has 8 aromatic rings. The second-order valence-electron chi connectivity index (χ2n) is 9.47. The molecule has 0 N–H and O–H groups in total. The SMILES string of the molecule is [Ag+].[O-][Cl+3]([O-])([O-])[O-].c1ccc2c(c1)cnn2Cn1ncc2ccccc21.c1ccc2c(c1)cnn2Cn1ncc2ccccc21. The predicted molar refractivity (Wildman–Crippen MR) is 150 cm³/mol. The second kappa shape index (κ2) is 13.5. The number of hydrogen-bond donors (Lipinski definition) is 0. The molecular weight excluding hydrogens is 680 g/mol. The van der Waals surface area contributed by atoms with E-state index >= 15 is 0 Å².